The predicted molar refractivity (Wildman–Crippen MR) is 76.9 cm³/mol. The maximum absolute atomic E-state index is 12.0. The monoisotopic (exact) mass is 279 g/mol. The number of anilines is 1. The summed E-state index contributed by atoms with van der Waals surface area (Å²) in [6.45, 7) is 3.82. The zero-order valence-electron chi connectivity index (χ0n) is 12.3. The SMILES string of the molecule is CC(C)CC(NC(=O)c1ccc(N(C)C)nc1)C(=O)O. The van der Waals surface area contributed by atoms with Crippen molar-refractivity contribution in [3.63, 3.8) is 0 Å². The molecular formula is C14H21N3O3. The van der Waals surface area contributed by atoms with Crippen LogP contribution in [0.15, 0.2) is 18.3 Å². The Morgan fingerprint density at radius 1 is 1.35 bits per heavy atom. The number of hydrogen-bond donors (Lipinski definition) is 2. The van der Waals surface area contributed by atoms with E-state index in [0.29, 0.717) is 12.0 Å². The Kier molecular flexibility index (Phi) is 5.49. The van der Waals surface area contributed by atoms with Crippen LogP contribution in [0.25, 0.3) is 0 Å². The maximum atomic E-state index is 12.0. The molecule has 0 aliphatic carbocycles. The molecule has 0 bridgehead atoms. The van der Waals surface area contributed by atoms with Gasteiger partial charge in [-0.15, -0.1) is 0 Å². The Morgan fingerprint density at radius 2 is 2.00 bits per heavy atom. The molecular weight excluding hydrogens is 258 g/mol. The van der Waals surface area contributed by atoms with Gasteiger partial charge in [0.15, 0.2) is 0 Å². The minimum atomic E-state index is -1.02. The van der Waals surface area contributed by atoms with Crippen molar-refractivity contribution in [1.82, 2.24) is 10.3 Å². The summed E-state index contributed by atoms with van der Waals surface area (Å²) in [5, 5.41) is 11.6. The quantitative estimate of drug-likeness (QED) is 0.822. The van der Waals surface area contributed by atoms with Gasteiger partial charge < -0.3 is 15.3 Å². The van der Waals surface area contributed by atoms with Gasteiger partial charge in [0.1, 0.15) is 11.9 Å². The van der Waals surface area contributed by atoms with Crippen molar-refractivity contribution >= 4 is 17.7 Å². The van der Waals surface area contributed by atoms with E-state index < -0.39 is 17.9 Å². The number of carboxylic acid groups (broad SMARTS) is 1. The van der Waals surface area contributed by atoms with E-state index in [4.69, 9.17) is 5.11 Å². The van der Waals surface area contributed by atoms with Gasteiger partial charge in [0.05, 0.1) is 5.56 Å². The van der Waals surface area contributed by atoms with Gasteiger partial charge in [-0.2, -0.15) is 0 Å². The average molecular weight is 279 g/mol. The molecule has 6 heteroatoms. The van der Waals surface area contributed by atoms with E-state index in [1.165, 1.54) is 6.20 Å². The standard InChI is InChI=1S/C14H21N3O3/c1-9(2)7-11(14(19)20)16-13(18)10-5-6-12(15-8-10)17(3)4/h5-6,8-9,11H,7H2,1-4H3,(H,16,18)(H,19,20). The van der Waals surface area contributed by atoms with Gasteiger partial charge in [0, 0.05) is 20.3 Å². The number of amides is 1. The fourth-order valence-electron chi connectivity index (χ4n) is 1.72. The van der Waals surface area contributed by atoms with Crippen LogP contribution in [0.5, 0.6) is 0 Å². The van der Waals surface area contributed by atoms with E-state index >= 15 is 0 Å². The molecule has 1 atom stereocenters. The number of pyridine rings is 1. The number of carboxylic acids is 1. The molecule has 1 heterocycles. The topological polar surface area (TPSA) is 82.5 Å². The predicted octanol–water partition coefficient (Wildman–Crippen LogP) is 1.38. The number of carbonyl (C=O) groups excluding carboxylic acids is 1. The number of aliphatic carboxylic acids is 1. The van der Waals surface area contributed by atoms with Crippen molar-refractivity contribution < 1.29 is 14.7 Å². The van der Waals surface area contributed by atoms with Crippen LogP contribution >= 0.6 is 0 Å². The third-order valence-corrected chi connectivity index (χ3v) is 2.78. The van der Waals surface area contributed by atoms with E-state index in [0.717, 1.165) is 5.82 Å². The van der Waals surface area contributed by atoms with E-state index in [-0.39, 0.29) is 5.92 Å². The first-order chi connectivity index (χ1) is 9.31. The molecule has 1 unspecified atom stereocenters. The Hall–Kier alpha value is -2.11. The summed E-state index contributed by atoms with van der Waals surface area (Å²) in [6.07, 6.45) is 1.84. The molecule has 0 fully saturated rings. The number of carbonyl (C=O) groups is 2. The minimum Gasteiger partial charge on any atom is -0.480 e. The van der Waals surface area contributed by atoms with Gasteiger partial charge in [-0.3, -0.25) is 4.79 Å². The maximum Gasteiger partial charge on any atom is 0.326 e. The van der Waals surface area contributed by atoms with Crippen molar-refractivity contribution in [1.29, 1.82) is 0 Å². The molecule has 1 rings (SSSR count). The second-order valence-electron chi connectivity index (χ2n) is 5.29. The van der Waals surface area contributed by atoms with Crippen LogP contribution in [0.2, 0.25) is 0 Å². The molecule has 0 aliphatic heterocycles. The lowest BCUT2D eigenvalue weighted by molar-refractivity contribution is -0.139. The summed E-state index contributed by atoms with van der Waals surface area (Å²) < 4.78 is 0. The molecule has 0 spiro atoms. The highest BCUT2D eigenvalue weighted by Gasteiger charge is 2.21. The third kappa shape index (κ3) is 4.53. The van der Waals surface area contributed by atoms with E-state index in [9.17, 15) is 9.59 Å². The summed E-state index contributed by atoms with van der Waals surface area (Å²) in [7, 11) is 3.70. The van der Waals surface area contributed by atoms with Gasteiger partial charge in [-0.25, -0.2) is 9.78 Å². The number of nitrogens with zero attached hydrogens (tertiary/aromatic N) is 2. The van der Waals surface area contributed by atoms with Crippen molar-refractivity contribution in [2.75, 3.05) is 19.0 Å². The van der Waals surface area contributed by atoms with E-state index in [1.54, 1.807) is 12.1 Å². The van der Waals surface area contributed by atoms with Gasteiger partial charge in [-0.1, -0.05) is 13.8 Å². The highest BCUT2D eigenvalue weighted by Crippen LogP contribution is 2.09. The first-order valence-electron chi connectivity index (χ1n) is 6.48. The van der Waals surface area contributed by atoms with Crippen LogP contribution < -0.4 is 10.2 Å². The molecule has 20 heavy (non-hydrogen) atoms. The minimum absolute atomic E-state index is 0.186. The molecule has 1 aromatic rings. The lowest BCUT2D eigenvalue weighted by Gasteiger charge is -2.16. The molecule has 0 radical (unpaired) electrons. The highest BCUT2D eigenvalue weighted by atomic mass is 16.4. The zero-order valence-corrected chi connectivity index (χ0v) is 12.3. The highest BCUT2D eigenvalue weighted by molar-refractivity contribution is 5.96. The molecule has 6 nitrogen and oxygen atoms in total. The molecule has 2 N–H and O–H groups in total. The van der Waals surface area contributed by atoms with Gasteiger partial charge >= 0.3 is 5.97 Å². The molecule has 0 saturated carbocycles. The van der Waals surface area contributed by atoms with Crippen LogP contribution in [0.4, 0.5) is 5.82 Å². The summed E-state index contributed by atoms with van der Waals surface area (Å²) >= 11 is 0. The largest absolute Gasteiger partial charge is 0.480 e. The Morgan fingerprint density at radius 3 is 2.40 bits per heavy atom. The number of rotatable bonds is 6. The van der Waals surface area contributed by atoms with Crippen molar-refractivity contribution in [3.05, 3.63) is 23.9 Å². The second kappa shape index (κ2) is 6.88. The van der Waals surface area contributed by atoms with Crippen LogP contribution in [-0.4, -0.2) is 42.1 Å². The number of nitrogens with one attached hydrogen (secondary N) is 1. The van der Waals surface area contributed by atoms with Crippen molar-refractivity contribution in [2.24, 2.45) is 5.92 Å². The molecule has 0 aromatic carbocycles. The lowest BCUT2D eigenvalue weighted by Crippen LogP contribution is -2.41. The van der Waals surface area contributed by atoms with Gasteiger partial charge in [0.2, 0.25) is 0 Å². The first-order valence-corrected chi connectivity index (χ1v) is 6.48. The fraction of sp³-hybridized carbons (Fsp3) is 0.500. The number of hydrogen-bond acceptors (Lipinski definition) is 4. The second-order valence-corrected chi connectivity index (χ2v) is 5.29. The normalized spacial score (nSPS) is 12.1. The Balaban J connectivity index is 2.76. The van der Waals surface area contributed by atoms with Crippen LogP contribution in [-0.2, 0) is 4.79 Å². The summed E-state index contributed by atoms with van der Waals surface area (Å²) in [5.41, 5.74) is 0.352. The van der Waals surface area contributed by atoms with Crippen LogP contribution in [0.3, 0.4) is 0 Å². The van der Waals surface area contributed by atoms with Crippen molar-refractivity contribution in [2.45, 2.75) is 26.3 Å². The zero-order chi connectivity index (χ0) is 15.3. The fourth-order valence-corrected chi connectivity index (χ4v) is 1.72. The summed E-state index contributed by atoms with van der Waals surface area (Å²) in [4.78, 5) is 29.1. The van der Waals surface area contributed by atoms with Gasteiger partial charge in [-0.05, 0) is 24.5 Å². The molecule has 0 saturated heterocycles. The van der Waals surface area contributed by atoms with Crippen LogP contribution in [0.1, 0.15) is 30.6 Å². The van der Waals surface area contributed by atoms with E-state index in [1.807, 2.05) is 32.8 Å². The summed E-state index contributed by atoms with van der Waals surface area (Å²) in [5.74, 6) is -0.523. The molecule has 1 amide bonds. The molecule has 110 valence electrons. The Labute approximate surface area is 118 Å². The van der Waals surface area contributed by atoms with E-state index in [2.05, 4.69) is 10.3 Å². The first kappa shape index (κ1) is 15.9. The van der Waals surface area contributed by atoms with Crippen LogP contribution in [0, 0.1) is 5.92 Å². The third-order valence-electron chi connectivity index (χ3n) is 2.78. The summed E-state index contributed by atoms with van der Waals surface area (Å²) in [6, 6.07) is 2.47. The van der Waals surface area contributed by atoms with Gasteiger partial charge in [0.25, 0.3) is 5.91 Å². The smallest absolute Gasteiger partial charge is 0.326 e. The molecule has 1 aromatic heterocycles. The number of aromatic nitrogens is 1. The average Bonchev–Trinajstić information content (AvgIpc) is 2.37. The van der Waals surface area contributed by atoms with Crippen molar-refractivity contribution in [3.8, 4) is 0 Å². The Bertz CT molecular complexity index is 469. The molecule has 0 aliphatic rings. The lowest BCUT2D eigenvalue weighted by atomic mass is 10.0.